The Hall–Kier alpha value is -2.69. The zero-order valence-corrected chi connectivity index (χ0v) is 18.1. The van der Waals surface area contributed by atoms with Crippen LogP contribution in [0.1, 0.15) is 35.6 Å². The summed E-state index contributed by atoms with van der Waals surface area (Å²) < 4.78 is 13.9. The first-order valence-electron chi connectivity index (χ1n) is 10.6. The molecule has 4 rings (SSSR count). The van der Waals surface area contributed by atoms with Crippen LogP contribution in [0.15, 0.2) is 78.9 Å². The molecule has 1 aliphatic heterocycles. The van der Waals surface area contributed by atoms with Crippen LogP contribution in [-0.4, -0.2) is 17.4 Å². The van der Waals surface area contributed by atoms with E-state index >= 15 is 0 Å². The van der Waals surface area contributed by atoms with Crippen LogP contribution < -0.4 is 5.32 Å². The molecule has 5 heteroatoms. The number of nitrogens with one attached hydrogen (secondary N) is 1. The molecule has 31 heavy (non-hydrogen) atoms. The zero-order chi connectivity index (χ0) is 21.6. The lowest BCUT2D eigenvalue weighted by atomic mass is 9.88. The van der Waals surface area contributed by atoms with Crippen molar-refractivity contribution in [3.05, 3.63) is 106 Å². The summed E-state index contributed by atoms with van der Waals surface area (Å²) >= 11 is 6.19. The Morgan fingerprint density at radius 3 is 2.55 bits per heavy atom. The van der Waals surface area contributed by atoms with Crippen LogP contribution in [0.2, 0.25) is 5.02 Å². The number of amides is 1. The van der Waals surface area contributed by atoms with E-state index in [4.69, 9.17) is 11.6 Å². The average Bonchev–Trinajstić information content (AvgIpc) is 2.79. The summed E-state index contributed by atoms with van der Waals surface area (Å²) in [7, 11) is 0. The molecule has 0 saturated carbocycles. The van der Waals surface area contributed by atoms with Crippen molar-refractivity contribution in [3.63, 3.8) is 0 Å². The van der Waals surface area contributed by atoms with E-state index in [9.17, 15) is 9.18 Å². The van der Waals surface area contributed by atoms with Crippen LogP contribution in [0.4, 0.5) is 4.39 Å². The van der Waals surface area contributed by atoms with Crippen LogP contribution in [0.3, 0.4) is 0 Å². The van der Waals surface area contributed by atoms with Crippen molar-refractivity contribution in [3.8, 4) is 0 Å². The fourth-order valence-corrected chi connectivity index (χ4v) is 4.54. The van der Waals surface area contributed by atoms with Crippen molar-refractivity contribution < 1.29 is 9.18 Å². The molecule has 3 aromatic carbocycles. The minimum Gasteiger partial charge on any atom is -0.352 e. The van der Waals surface area contributed by atoms with E-state index in [1.807, 2.05) is 24.3 Å². The summed E-state index contributed by atoms with van der Waals surface area (Å²) in [5, 5.41) is 3.64. The average molecular weight is 437 g/mol. The minimum atomic E-state index is -0.293. The van der Waals surface area contributed by atoms with Crippen LogP contribution in [-0.2, 0) is 17.9 Å². The molecule has 0 aromatic heterocycles. The van der Waals surface area contributed by atoms with Gasteiger partial charge in [0.1, 0.15) is 5.82 Å². The van der Waals surface area contributed by atoms with Gasteiger partial charge < -0.3 is 5.32 Å². The Morgan fingerprint density at radius 2 is 1.77 bits per heavy atom. The SMILES string of the molecule is O=C(NCc1ccccc1F)[C@H]1CC[C@H](c2ccccc2)N(Cc2cccc(Cl)c2)C1. The maximum Gasteiger partial charge on any atom is 0.224 e. The fourth-order valence-electron chi connectivity index (χ4n) is 4.32. The van der Waals surface area contributed by atoms with Gasteiger partial charge in [0.15, 0.2) is 0 Å². The Kier molecular flexibility index (Phi) is 7.00. The Labute approximate surface area is 187 Å². The molecule has 3 aromatic rings. The Bertz CT molecular complexity index is 1030. The first-order chi connectivity index (χ1) is 15.1. The van der Waals surface area contributed by atoms with E-state index in [-0.39, 0.29) is 30.2 Å². The summed E-state index contributed by atoms with van der Waals surface area (Å²) in [6.45, 7) is 1.57. The topological polar surface area (TPSA) is 32.3 Å². The van der Waals surface area contributed by atoms with Crippen molar-refractivity contribution in [2.45, 2.75) is 32.0 Å². The lowest BCUT2D eigenvalue weighted by Gasteiger charge is -2.39. The molecule has 1 heterocycles. The number of likely N-dealkylation sites (tertiary alicyclic amines) is 1. The highest BCUT2D eigenvalue weighted by atomic mass is 35.5. The highest BCUT2D eigenvalue weighted by Crippen LogP contribution is 2.35. The number of rotatable bonds is 6. The largest absolute Gasteiger partial charge is 0.352 e. The molecule has 1 fully saturated rings. The van der Waals surface area contributed by atoms with Crippen LogP contribution >= 0.6 is 11.6 Å². The fraction of sp³-hybridized carbons (Fsp3) is 0.269. The molecule has 0 aliphatic carbocycles. The van der Waals surface area contributed by atoms with Gasteiger partial charge in [0.2, 0.25) is 5.91 Å². The van der Waals surface area contributed by atoms with Crippen molar-refractivity contribution in [1.82, 2.24) is 10.2 Å². The van der Waals surface area contributed by atoms with Gasteiger partial charge in [-0.1, -0.05) is 72.3 Å². The van der Waals surface area contributed by atoms with E-state index < -0.39 is 0 Å². The molecule has 0 radical (unpaired) electrons. The summed E-state index contributed by atoms with van der Waals surface area (Å²) in [5.41, 5.74) is 2.89. The van der Waals surface area contributed by atoms with Crippen molar-refractivity contribution >= 4 is 17.5 Å². The molecule has 1 N–H and O–H groups in total. The summed E-state index contributed by atoms with van der Waals surface area (Å²) in [5.74, 6) is -0.449. The second-order valence-electron chi connectivity index (χ2n) is 8.07. The molecular weight excluding hydrogens is 411 g/mol. The molecule has 2 atom stereocenters. The predicted octanol–water partition coefficient (Wildman–Crippen LogP) is 5.75. The monoisotopic (exact) mass is 436 g/mol. The maximum atomic E-state index is 13.9. The second-order valence-corrected chi connectivity index (χ2v) is 8.51. The summed E-state index contributed by atoms with van der Waals surface area (Å²) in [4.78, 5) is 15.3. The van der Waals surface area contributed by atoms with Gasteiger partial charge in [-0.25, -0.2) is 4.39 Å². The van der Waals surface area contributed by atoms with Gasteiger partial charge in [-0.15, -0.1) is 0 Å². The number of hydrogen-bond acceptors (Lipinski definition) is 2. The van der Waals surface area contributed by atoms with Crippen LogP contribution in [0.25, 0.3) is 0 Å². The third kappa shape index (κ3) is 5.52. The summed E-state index contributed by atoms with van der Waals surface area (Å²) in [6, 6.07) is 25.1. The van der Waals surface area contributed by atoms with Gasteiger partial charge in [-0.2, -0.15) is 0 Å². The third-order valence-electron chi connectivity index (χ3n) is 5.92. The van der Waals surface area contributed by atoms with Gasteiger partial charge >= 0.3 is 0 Å². The first-order valence-corrected chi connectivity index (χ1v) is 11.0. The molecule has 0 spiro atoms. The number of piperidine rings is 1. The maximum absolute atomic E-state index is 13.9. The van der Waals surface area contributed by atoms with E-state index in [2.05, 4.69) is 40.5 Å². The number of carbonyl (C=O) groups excluding carboxylic acids is 1. The molecule has 0 bridgehead atoms. The quantitative estimate of drug-likeness (QED) is 0.533. The van der Waals surface area contributed by atoms with E-state index in [0.29, 0.717) is 17.1 Å². The Morgan fingerprint density at radius 1 is 1.00 bits per heavy atom. The molecular formula is C26H26ClFN2O. The number of benzene rings is 3. The molecule has 3 nitrogen and oxygen atoms in total. The lowest BCUT2D eigenvalue weighted by molar-refractivity contribution is -0.127. The second kappa shape index (κ2) is 10.1. The smallest absolute Gasteiger partial charge is 0.224 e. The predicted molar refractivity (Wildman–Crippen MR) is 122 cm³/mol. The molecule has 0 unspecified atom stereocenters. The van der Waals surface area contributed by atoms with E-state index in [0.717, 1.165) is 24.9 Å². The highest BCUT2D eigenvalue weighted by molar-refractivity contribution is 6.30. The third-order valence-corrected chi connectivity index (χ3v) is 6.16. The van der Waals surface area contributed by atoms with E-state index in [1.54, 1.807) is 18.2 Å². The van der Waals surface area contributed by atoms with Crippen molar-refractivity contribution in [2.24, 2.45) is 5.92 Å². The van der Waals surface area contributed by atoms with Gasteiger partial charge in [0.25, 0.3) is 0 Å². The highest BCUT2D eigenvalue weighted by Gasteiger charge is 2.32. The van der Waals surface area contributed by atoms with E-state index in [1.165, 1.54) is 11.6 Å². The van der Waals surface area contributed by atoms with Gasteiger partial charge in [-0.3, -0.25) is 9.69 Å². The molecule has 1 saturated heterocycles. The number of halogens is 2. The first kappa shape index (κ1) is 21.5. The Balaban J connectivity index is 1.47. The standard InChI is InChI=1S/C26H26ClFN2O/c27-23-11-6-7-19(15-23)17-30-18-22(13-14-25(30)20-8-2-1-3-9-20)26(31)29-16-21-10-4-5-12-24(21)28/h1-12,15,22,25H,13-14,16-18H2,(H,29,31)/t22-,25+/m0/s1. The molecule has 160 valence electrons. The van der Waals surface area contributed by atoms with Crippen LogP contribution in [0, 0.1) is 11.7 Å². The summed E-state index contributed by atoms with van der Waals surface area (Å²) in [6.07, 6.45) is 1.69. The van der Waals surface area contributed by atoms with Crippen molar-refractivity contribution in [1.29, 1.82) is 0 Å². The molecule has 1 amide bonds. The lowest BCUT2D eigenvalue weighted by Crippen LogP contribution is -2.44. The van der Waals surface area contributed by atoms with Gasteiger partial charge in [0, 0.05) is 36.3 Å². The number of carbonyl (C=O) groups is 1. The molecule has 1 aliphatic rings. The van der Waals surface area contributed by atoms with Crippen LogP contribution in [0.5, 0.6) is 0 Å². The van der Waals surface area contributed by atoms with Gasteiger partial charge in [0.05, 0.1) is 5.92 Å². The minimum absolute atomic E-state index is 0.0224. The normalized spacial score (nSPS) is 19.2. The van der Waals surface area contributed by atoms with Gasteiger partial charge in [-0.05, 0) is 42.2 Å². The number of nitrogens with zero attached hydrogens (tertiary/aromatic N) is 1. The number of hydrogen-bond donors (Lipinski definition) is 1. The zero-order valence-electron chi connectivity index (χ0n) is 17.3. The van der Waals surface area contributed by atoms with Crippen molar-refractivity contribution in [2.75, 3.05) is 6.54 Å².